The van der Waals surface area contributed by atoms with Gasteiger partial charge in [-0.1, -0.05) is 231 Å². The Kier molecular flexibility index (Phi) is 8.78. The summed E-state index contributed by atoms with van der Waals surface area (Å²) < 4.78 is 0. The summed E-state index contributed by atoms with van der Waals surface area (Å²) in [5.74, 6) is 0. The standard InChI is InChI=1S/C68H45N/c1-3-19-46(20-4-1)48-37-39-52(40-38-48)69(53-26-18-25-51(44-53)50-24-17-23-49(43-50)47-21-5-2-6-22-47)54-41-42-65-66(45-54)68(61-33-13-9-29-57(61)58-30-10-14-34-62(58)68)64-36-16-15-35-63(64)67(65)59-31-11-7-27-55(59)56-28-8-12-32-60(56)67/h1-45H. The van der Waals surface area contributed by atoms with Crippen LogP contribution in [0.15, 0.2) is 273 Å². The van der Waals surface area contributed by atoms with E-state index in [-0.39, 0.29) is 0 Å². The average molecular weight is 876 g/mol. The normalized spacial score (nSPS) is 13.7. The molecule has 0 aromatic heterocycles. The molecule has 0 aliphatic heterocycles. The van der Waals surface area contributed by atoms with E-state index in [1.165, 1.54) is 94.6 Å². The molecule has 0 atom stereocenters. The molecule has 2 spiro atoms. The predicted octanol–water partition coefficient (Wildman–Crippen LogP) is 17.2. The predicted molar refractivity (Wildman–Crippen MR) is 286 cm³/mol. The Balaban J connectivity index is 1.06. The van der Waals surface area contributed by atoms with Gasteiger partial charge in [0.25, 0.3) is 0 Å². The van der Waals surface area contributed by atoms with Crippen molar-refractivity contribution < 1.29 is 0 Å². The van der Waals surface area contributed by atoms with Gasteiger partial charge in [-0.15, -0.1) is 0 Å². The van der Waals surface area contributed by atoms with Crippen LogP contribution < -0.4 is 4.90 Å². The molecule has 0 radical (unpaired) electrons. The van der Waals surface area contributed by atoms with Crippen LogP contribution in [0.2, 0.25) is 0 Å². The van der Waals surface area contributed by atoms with Gasteiger partial charge in [-0.05, 0) is 143 Å². The Morgan fingerprint density at radius 3 is 1.04 bits per heavy atom. The highest BCUT2D eigenvalue weighted by Gasteiger charge is 2.59. The van der Waals surface area contributed by atoms with Crippen molar-refractivity contribution >= 4 is 17.1 Å². The van der Waals surface area contributed by atoms with E-state index in [4.69, 9.17) is 0 Å². The van der Waals surface area contributed by atoms with Crippen LogP contribution in [0.1, 0.15) is 44.5 Å². The SMILES string of the molecule is c1ccc(-c2ccc(N(c3cccc(-c4cccc(-c5ccccc5)c4)c3)c3ccc4c(c3)C3(c5ccccc5-c5ccccc53)c3ccccc3C43c4ccccc4-c4ccccc43)cc2)cc1. The Labute approximate surface area is 403 Å². The van der Waals surface area contributed by atoms with Crippen LogP contribution in [0.5, 0.6) is 0 Å². The van der Waals surface area contributed by atoms with Gasteiger partial charge in [0, 0.05) is 17.1 Å². The van der Waals surface area contributed by atoms with E-state index in [1.807, 2.05) is 0 Å². The summed E-state index contributed by atoms with van der Waals surface area (Å²) in [6.45, 7) is 0. The van der Waals surface area contributed by atoms with Crippen LogP contribution in [-0.4, -0.2) is 0 Å². The first-order valence-electron chi connectivity index (χ1n) is 24.1. The second-order valence-electron chi connectivity index (χ2n) is 18.7. The third-order valence-electron chi connectivity index (χ3n) is 15.3. The van der Waals surface area contributed by atoms with Crippen LogP contribution >= 0.6 is 0 Å². The smallest absolute Gasteiger partial charge is 0.0720 e. The molecule has 0 saturated heterocycles. The van der Waals surface area contributed by atoms with Crippen LogP contribution in [-0.2, 0) is 10.8 Å². The van der Waals surface area contributed by atoms with Crippen molar-refractivity contribution in [2.24, 2.45) is 0 Å². The molecule has 3 aliphatic carbocycles. The van der Waals surface area contributed by atoms with Crippen molar-refractivity contribution in [3.05, 3.63) is 317 Å². The summed E-state index contributed by atoms with van der Waals surface area (Å²) in [6, 6.07) is 102. The number of anilines is 3. The fourth-order valence-corrected chi connectivity index (χ4v) is 12.6. The van der Waals surface area contributed by atoms with Gasteiger partial charge in [-0.25, -0.2) is 0 Å². The molecule has 0 fully saturated rings. The van der Waals surface area contributed by atoms with Gasteiger partial charge in [-0.2, -0.15) is 0 Å². The highest BCUT2D eigenvalue weighted by Crippen LogP contribution is 2.67. The lowest BCUT2D eigenvalue weighted by atomic mass is 9.52. The number of fused-ring (bicyclic) bond motifs is 16. The second-order valence-corrected chi connectivity index (χ2v) is 18.7. The summed E-state index contributed by atoms with van der Waals surface area (Å²) in [7, 11) is 0. The quantitative estimate of drug-likeness (QED) is 0.161. The number of hydrogen-bond acceptors (Lipinski definition) is 1. The molecule has 11 aromatic rings. The fraction of sp³-hybridized carbons (Fsp3) is 0.0294. The molecule has 0 amide bonds. The van der Waals surface area contributed by atoms with Crippen LogP contribution in [0.4, 0.5) is 17.1 Å². The Bertz CT molecular complexity index is 3700. The fourth-order valence-electron chi connectivity index (χ4n) is 12.6. The third kappa shape index (κ3) is 5.65. The zero-order chi connectivity index (χ0) is 45.5. The lowest BCUT2D eigenvalue weighted by Gasteiger charge is -2.49. The van der Waals surface area contributed by atoms with Crippen molar-refractivity contribution in [2.75, 3.05) is 4.90 Å². The van der Waals surface area contributed by atoms with Crippen LogP contribution in [0, 0.1) is 0 Å². The van der Waals surface area contributed by atoms with Crippen molar-refractivity contribution in [3.63, 3.8) is 0 Å². The van der Waals surface area contributed by atoms with Crippen molar-refractivity contribution in [3.8, 4) is 55.6 Å². The molecule has 0 heterocycles. The molecule has 0 bridgehead atoms. The minimum Gasteiger partial charge on any atom is -0.310 e. The lowest BCUT2D eigenvalue weighted by Crippen LogP contribution is -2.43. The topological polar surface area (TPSA) is 3.24 Å². The molecule has 69 heavy (non-hydrogen) atoms. The van der Waals surface area contributed by atoms with Gasteiger partial charge in [0.2, 0.25) is 0 Å². The number of hydrogen-bond donors (Lipinski definition) is 0. The summed E-state index contributed by atoms with van der Waals surface area (Å²) in [6.07, 6.45) is 0. The highest BCUT2D eigenvalue weighted by atomic mass is 15.1. The molecule has 11 aromatic carbocycles. The largest absolute Gasteiger partial charge is 0.310 e. The zero-order valence-corrected chi connectivity index (χ0v) is 37.9. The first-order valence-corrected chi connectivity index (χ1v) is 24.1. The summed E-state index contributed by atoms with van der Waals surface area (Å²) >= 11 is 0. The molecular formula is C68H45N. The van der Waals surface area contributed by atoms with Crippen LogP contribution in [0.25, 0.3) is 55.6 Å². The van der Waals surface area contributed by atoms with Crippen molar-refractivity contribution in [2.45, 2.75) is 10.8 Å². The maximum absolute atomic E-state index is 2.56. The van der Waals surface area contributed by atoms with E-state index in [9.17, 15) is 0 Å². The van der Waals surface area contributed by atoms with E-state index in [2.05, 4.69) is 278 Å². The monoisotopic (exact) mass is 875 g/mol. The molecule has 322 valence electrons. The van der Waals surface area contributed by atoms with Gasteiger partial charge in [-0.3, -0.25) is 0 Å². The van der Waals surface area contributed by atoms with Gasteiger partial charge in [0.1, 0.15) is 0 Å². The molecule has 0 N–H and O–H groups in total. The molecular weight excluding hydrogens is 831 g/mol. The summed E-state index contributed by atoms with van der Waals surface area (Å²) in [4.78, 5) is 2.48. The summed E-state index contributed by atoms with van der Waals surface area (Å²) in [5.41, 5.74) is 25.1. The zero-order valence-electron chi connectivity index (χ0n) is 37.9. The van der Waals surface area contributed by atoms with Gasteiger partial charge in [0.15, 0.2) is 0 Å². The average Bonchev–Trinajstić information content (AvgIpc) is 3.89. The Morgan fingerprint density at radius 2 is 0.522 bits per heavy atom. The van der Waals surface area contributed by atoms with E-state index in [0.717, 1.165) is 22.6 Å². The molecule has 3 aliphatic rings. The number of nitrogens with zero attached hydrogens (tertiary/aromatic N) is 1. The number of rotatable bonds is 6. The number of benzene rings is 11. The Morgan fingerprint density at radius 1 is 0.188 bits per heavy atom. The van der Waals surface area contributed by atoms with E-state index in [1.54, 1.807) is 0 Å². The van der Waals surface area contributed by atoms with Crippen LogP contribution in [0.3, 0.4) is 0 Å². The first kappa shape index (κ1) is 39.4. The van der Waals surface area contributed by atoms with Crippen molar-refractivity contribution in [1.29, 1.82) is 0 Å². The molecule has 14 rings (SSSR count). The van der Waals surface area contributed by atoms with E-state index in [0.29, 0.717) is 0 Å². The molecule has 1 heteroatoms. The first-order chi connectivity index (χ1) is 34.2. The maximum atomic E-state index is 2.56. The molecule has 1 nitrogen and oxygen atoms in total. The Hall–Kier alpha value is -8.78. The molecule has 0 unspecified atom stereocenters. The van der Waals surface area contributed by atoms with Gasteiger partial charge in [0.05, 0.1) is 10.8 Å². The highest BCUT2D eigenvalue weighted by molar-refractivity contribution is 5.95. The lowest BCUT2D eigenvalue weighted by molar-refractivity contribution is 0.633. The van der Waals surface area contributed by atoms with Crippen molar-refractivity contribution in [1.82, 2.24) is 0 Å². The minimum absolute atomic E-state index is 0.554. The minimum atomic E-state index is -0.602. The van der Waals surface area contributed by atoms with Gasteiger partial charge >= 0.3 is 0 Å². The summed E-state index contributed by atoms with van der Waals surface area (Å²) in [5, 5.41) is 0. The van der Waals surface area contributed by atoms with E-state index >= 15 is 0 Å². The van der Waals surface area contributed by atoms with E-state index < -0.39 is 10.8 Å². The van der Waals surface area contributed by atoms with Gasteiger partial charge < -0.3 is 4.90 Å². The third-order valence-corrected chi connectivity index (χ3v) is 15.3. The second kappa shape index (κ2) is 15.4. The maximum Gasteiger partial charge on any atom is 0.0720 e. The molecule has 0 saturated carbocycles.